The van der Waals surface area contributed by atoms with Crippen LogP contribution in [0.25, 0.3) is 27.8 Å². The molecule has 0 amide bonds. The van der Waals surface area contributed by atoms with E-state index in [-0.39, 0.29) is 0 Å². The normalized spacial score (nSPS) is 11.8. The summed E-state index contributed by atoms with van der Waals surface area (Å²) in [7, 11) is 0. The number of hydrogen-bond donors (Lipinski definition) is 1. The van der Waals surface area contributed by atoms with Gasteiger partial charge in [0.05, 0.1) is 0 Å². The Morgan fingerprint density at radius 1 is 0.708 bits per heavy atom. The van der Waals surface area contributed by atoms with E-state index in [1.807, 2.05) is 24.3 Å². The summed E-state index contributed by atoms with van der Waals surface area (Å²) in [5.41, 5.74) is 12.7. The van der Waals surface area contributed by atoms with Crippen molar-refractivity contribution < 1.29 is 0 Å². The Bertz CT molecular complexity index is 801. The van der Waals surface area contributed by atoms with Gasteiger partial charge in [0.25, 0.3) is 0 Å². The Kier molecular flexibility index (Phi) is 4.93. The number of nitrogens with two attached hydrogens (primary N) is 1. The highest BCUT2D eigenvalue weighted by atomic mass is 14.5. The van der Waals surface area contributed by atoms with E-state index in [4.69, 9.17) is 5.73 Å². The smallest absolute Gasteiger partial charge is 0.00623 e. The molecule has 0 saturated heterocycles. The van der Waals surface area contributed by atoms with Gasteiger partial charge in [-0.25, -0.2) is 0 Å². The molecular formula is C23H21N. The zero-order valence-electron chi connectivity index (χ0n) is 13.8. The third-order valence-corrected chi connectivity index (χ3v) is 4.06. The van der Waals surface area contributed by atoms with Crippen LogP contribution < -0.4 is 5.73 Å². The predicted molar refractivity (Wildman–Crippen MR) is 104 cm³/mol. The lowest BCUT2D eigenvalue weighted by molar-refractivity contribution is 1.52. The van der Waals surface area contributed by atoms with E-state index in [0.717, 1.165) is 0 Å². The first-order chi connectivity index (χ1) is 11.8. The van der Waals surface area contributed by atoms with Crippen LogP contribution in [0.15, 0.2) is 97.2 Å². The summed E-state index contributed by atoms with van der Waals surface area (Å²) >= 11 is 0. The molecule has 0 saturated carbocycles. The summed E-state index contributed by atoms with van der Waals surface area (Å²) in [6.07, 6.45) is 5.47. The molecule has 0 heterocycles. The van der Waals surface area contributed by atoms with Crippen LogP contribution in [0.5, 0.6) is 0 Å². The Labute approximate surface area is 143 Å². The maximum atomic E-state index is 5.47. The van der Waals surface area contributed by atoms with Gasteiger partial charge in [-0.05, 0) is 70.8 Å². The number of benzene rings is 3. The van der Waals surface area contributed by atoms with Crippen LogP contribution in [0, 0.1) is 0 Å². The van der Waals surface area contributed by atoms with Crippen LogP contribution in [0.2, 0.25) is 0 Å². The molecule has 3 rings (SSSR count). The predicted octanol–water partition coefficient (Wildman–Crippen LogP) is 5.90. The van der Waals surface area contributed by atoms with Crippen molar-refractivity contribution in [3.63, 3.8) is 0 Å². The summed E-state index contributed by atoms with van der Waals surface area (Å²) in [5.74, 6) is 0. The third kappa shape index (κ3) is 3.64. The van der Waals surface area contributed by atoms with E-state index in [1.165, 1.54) is 33.4 Å². The maximum absolute atomic E-state index is 5.47. The highest BCUT2D eigenvalue weighted by molar-refractivity contribution is 5.79. The van der Waals surface area contributed by atoms with Crippen LogP contribution in [0.3, 0.4) is 0 Å². The van der Waals surface area contributed by atoms with Gasteiger partial charge in [-0.1, -0.05) is 66.7 Å². The molecule has 0 aliphatic heterocycles. The highest BCUT2D eigenvalue weighted by Crippen LogP contribution is 2.30. The first-order valence-corrected chi connectivity index (χ1v) is 8.09. The van der Waals surface area contributed by atoms with Gasteiger partial charge >= 0.3 is 0 Å². The number of rotatable bonds is 4. The minimum atomic E-state index is 1.19. The van der Waals surface area contributed by atoms with Crippen molar-refractivity contribution in [3.05, 3.63) is 103 Å². The Morgan fingerprint density at radius 2 is 1.21 bits per heavy atom. The van der Waals surface area contributed by atoms with Gasteiger partial charge in [-0.15, -0.1) is 0 Å². The van der Waals surface area contributed by atoms with E-state index >= 15 is 0 Å². The van der Waals surface area contributed by atoms with E-state index in [9.17, 15) is 0 Å². The first-order valence-electron chi connectivity index (χ1n) is 8.09. The second-order valence-corrected chi connectivity index (χ2v) is 5.77. The van der Waals surface area contributed by atoms with Crippen molar-refractivity contribution in [2.45, 2.75) is 6.92 Å². The van der Waals surface area contributed by atoms with Gasteiger partial charge in [-0.2, -0.15) is 0 Å². The highest BCUT2D eigenvalue weighted by Gasteiger charge is 2.06. The van der Waals surface area contributed by atoms with Crippen molar-refractivity contribution in [3.8, 4) is 22.3 Å². The minimum absolute atomic E-state index is 1.19. The molecule has 2 N–H and O–H groups in total. The molecule has 0 bridgehead atoms. The SMILES string of the molecule is C/C(=C\C=C/N)c1cc(-c2ccccc2)cc(-c2ccccc2)c1. The molecule has 0 radical (unpaired) electrons. The monoisotopic (exact) mass is 311 g/mol. The molecule has 118 valence electrons. The Balaban J connectivity index is 2.16. The molecule has 3 aromatic rings. The summed E-state index contributed by atoms with van der Waals surface area (Å²) < 4.78 is 0. The molecule has 0 unspecified atom stereocenters. The average Bonchev–Trinajstić information content (AvgIpc) is 2.67. The molecule has 0 spiro atoms. The quantitative estimate of drug-likeness (QED) is 0.597. The largest absolute Gasteiger partial charge is 0.405 e. The van der Waals surface area contributed by atoms with Crippen molar-refractivity contribution >= 4 is 5.57 Å². The van der Waals surface area contributed by atoms with Crippen LogP contribution in [-0.4, -0.2) is 0 Å². The van der Waals surface area contributed by atoms with Gasteiger partial charge in [0, 0.05) is 0 Å². The van der Waals surface area contributed by atoms with E-state index < -0.39 is 0 Å². The Hall–Kier alpha value is -3.06. The fraction of sp³-hybridized carbons (Fsp3) is 0.0435. The lowest BCUT2D eigenvalue weighted by atomic mass is 9.93. The molecule has 0 aliphatic carbocycles. The Morgan fingerprint density at radius 3 is 1.67 bits per heavy atom. The molecule has 0 atom stereocenters. The summed E-state index contributed by atoms with van der Waals surface area (Å²) in [6.45, 7) is 2.11. The summed E-state index contributed by atoms with van der Waals surface area (Å²) in [6, 6.07) is 27.7. The van der Waals surface area contributed by atoms with Crippen LogP contribution in [0.4, 0.5) is 0 Å². The van der Waals surface area contributed by atoms with Gasteiger partial charge in [0.2, 0.25) is 0 Å². The van der Waals surface area contributed by atoms with Gasteiger partial charge in [0.15, 0.2) is 0 Å². The molecule has 1 nitrogen and oxygen atoms in total. The third-order valence-electron chi connectivity index (χ3n) is 4.06. The van der Waals surface area contributed by atoms with Crippen molar-refractivity contribution in [1.82, 2.24) is 0 Å². The van der Waals surface area contributed by atoms with Crippen LogP contribution >= 0.6 is 0 Å². The standard InChI is InChI=1S/C23H21N/c1-18(9-8-14-24)21-15-22(19-10-4-2-5-11-19)17-23(16-21)20-12-6-3-7-13-20/h2-17H,24H2,1H3/b14-8-,18-9+. The number of allylic oxidation sites excluding steroid dienone is 3. The molecule has 0 aliphatic rings. The van der Waals surface area contributed by atoms with E-state index in [2.05, 4.69) is 73.7 Å². The van der Waals surface area contributed by atoms with E-state index in [0.29, 0.717) is 0 Å². The van der Waals surface area contributed by atoms with E-state index in [1.54, 1.807) is 6.20 Å². The molecule has 1 heteroatoms. The van der Waals surface area contributed by atoms with Crippen molar-refractivity contribution in [2.24, 2.45) is 5.73 Å². The second kappa shape index (κ2) is 7.47. The maximum Gasteiger partial charge on any atom is -0.00623 e. The number of hydrogen-bond acceptors (Lipinski definition) is 1. The van der Waals surface area contributed by atoms with Crippen molar-refractivity contribution in [2.75, 3.05) is 0 Å². The molecule has 24 heavy (non-hydrogen) atoms. The first kappa shape index (κ1) is 15.8. The molecule has 0 aromatic heterocycles. The summed E-state index contributed by atoms with van der Waals surface area (Å²) in [4.78, 5) is 0. The van der Waals surface area contributed by atoms with Gasteiger partial charge in [0.1, 0.15) is 0 Å². The minimum Gasteiger partial charge on any atom is -0.405 e. The average molecular weight is 311 g/mol. The lowest BCUT2D eigenvalue weighted by Crippen LogP contribution is -1.87. The van der Waals surface area contributed by atoms with Crippen LogP contribution in [-0.2, 0) is 0 Å². The zero-order chi connectivity index (χ0) is 16.8. The second-order valence-electron chi connectivity index (χ2n) is 5.77. The topological polar surface area (TPSA) is 26.0 Å². The van der Waals surface area contributed by atoms with Gasteiger partial charge in [-0.3, -0.25) is 0 Å². The molecular weight excluding hydrogens is 290 g/mol. The molecule has 3 aromatic carbocycles. The fourth-order valence-corrected chi connectivity index (χ4v) is 2.75. The molecule has 0 fully saturated rings. The van der Waals surface area contributed by atoms with Gasteiger partial charge < -0.3 is 5.73 Å². The summed E-state index contributed by atoms with van der Waals surface area (Å²) in [5, 5.41) is 0. The lowest BCUT2D eigenvalue weighted by Gasteiger charge is -2.11. The van der Waals surface area contributed by atoms with Crippen molar-refractivity contribution in [1.29, 1.82) is 0 Å². The zero-order valence-corrected chi connectivity index (χ0v) is 13.8. The van der Waals surface area contributed by atoms with Crippen LogP contribution in [0.1, 0.15) is 12.5 Å². The fourth-order valence-electron chi connectivity index (χ4n) is 2.75.